The number of allylic oxidation sites excluding steroid dienone is 5. The minimum absolute atomic E-state index is 0.300. The Balaban J connectivity index is 0.901. The van der Waals surface area contributed by atoms with Gasteiger partial charge in [0.1, 0.15) is 11.3 Å². The fourth-order valence-electron chi connectivity index (χ4n) is 10.7. The van der Waals surface area contributed by atoms with Crippen LogP contribution in [-0.4, -0.2) is 18.4 Å². The van der Waals surface area contributed by atoms with Crippen molar-refractivity contribution in [3.63, 3.8) is 0 Å². The van der Waals surface area contributed by atoms with Gasteiger partial charge in [-0.3, -0.25) is 4.99 Å². The van der Waals surface area contributed by atoms with Gasteiger partial charge in [-0.25, -0.2) is 9.98 Å². The molecule has 8 aromatic carbocycles. The number of nitrogens with zero attached hydrogens (tertiary/aromatic N) is 3. The van der Waals surface area contributed by atoms with Gasteiger partial charge in [0, 0.05) is 28.3 Å². The molecule has 0 amide bonds. The standard InChI is InChI=1S/C63H49N3O/c1-40-16-6-7-21-47(40)63(66-62(64-2)43-17-4-3-5-18-43)65-39-41-30-32-42(33-31-41)44-19-14-20-45(36-44)56-38-58-60-48(28-15-29-59(60)67-61(58)55-27-13-12-26-53(55)56)46-34-35-54-51-24-9-8-22-49(51)50-23-10-11-25-52(50)57(54)37-46/h3-10,12-14,17-24,26-28,30-38,40H,2,11,15-16,25,29,39H2,1H3/b65-63-,66-62-. The summed E-state index contributed by atoms with van der Waals surface area (Å²) in [6.07, 6.45) is 18.4. The topological polar surface area (TPSA) is 50.2 Å². The van der Waals surface area contributed by atoms with E-state index in [-0.39, 0.29) is 0 Å². The summed E-state index contributed by atoms with van der Waals surface area (Å²) >= 11 is 0. The smallest absolute Gasteiger partial charge is 0.160 e. The molecule has 1 heterocycles. The molecule has 0 N–H and O–H groups in total. The molecule has 0 saturated carbocycles. The van der Waals surface area contributed by atoms with Crippen LogP contribution in [-0.2, 0) is 19.4 Å². The average Bonchev–Trinajstić information content (AvgIpc) is 3.78. The monoisotopic (exact) mass is 863 g/mol. The van der Waals surface area contributed by atoms with Crippen molar-refractivity contribution in [2.45, 2.75) is 45.6 Å². The third kappa shape index (κ3) is 7.30. The molecule has 0 bridgehead atoms. The number of benzene rings is 8. The van der Waals surface area contributed by atoms with E-state index in [1.807, 2.05) is 30.3 Å². The molecule has 12 rings (SSSR count). The number of rotatable bonds is 7. The second-order valence-electron chi connectivity index (χ2n) is 18.1. The number of hydrogen-bond acceptors (Lipinski definition) is 2. The van der Waals surface area contributed by atoms with Crippen LogP contribution in [0.5, 0.6) is 0 Å². The Hall–Kier alpha value is -7.95. The van der Waals surface area contributed by atoms with Gasteiger partial charge in [-0.15, -0.1) is 0 Å². The van der Waals surface area contributed by atoms with Crippen LogP contribution >= 0.6 is 0 Å². The van der Waals surface area contributed by atoms with Crippen LogP contribution in [0.25, 0.3) is 77.2 Å². The minimum Gasteiger partial charge on any atom is -0.460 e. The molecule has 4 nitrogen and oxygen atoms in total. The lowest BCUT2D eigenvalue weighted by Gasteiger charge is -2.20. The van der Waals surface area contributed by atoms with E-state index in [0.29, 0.717) is 24.1 Å². The molecular weight excluding hydrogens is 815 g/mol. The van der Waals surface area contributed by atoms with Crippen molar-refractivity contribution in [2.24, 2.45) is 20.9 Å². The van der Waals surface area contributed by atoms with Gasteiger partial charge in [-0.2, -0.15) is 0 Å². The Labute approximate surface area is 391 Å². The summed E-state index contributed by atoms with van der Waals surface area (Å²) in [5.74, 6) is 2.65. The molecule has 0 radical (unpaired) electrons. The maximum atomic E-state index is 6.93. The highest BCUT2D eigenvalue weighted by molar-refractivity contribution is 6.17. The number of fused-ring (bicyclic) bond motifs is 11. The molecule has 9 aromatic rings. The van der Waals surface area contributed by atoms with Gasteiger partial charge in [0.25, 0.3) is 0 Å². The van der Waals surface area contributed by atoms with Crippen molar-refractivity contribution in [3.8, 4) is 22.3 Å². The van der Waals surface area contributed by atoms with Crippen LogP contribution in [0.2, 0.25) is 0 Å². The highest BCUT2D eigenvalue weighted by Gasteiger charge is 2.26. The first kappa shape index (κ1) is 40.6. The van der Waals surface area contributed by atoms with E-state index in [9.17, 15) is 0 Å². The predicted molar refractivity (Wildman–Crippen MR) is 283 cm³/mol. The second-order valence-corrected chi connectivity index (χ2v) is 18.1. The minimum atomic E-state index is 0.300. The summed E-state index contributed by atoms with van der Waals surface area (Å²) in [4.78, 5) is 14.4. The van der Waals surface area contributed by atoms with Gasteiger partial charge in [0.2, 0.25) is 0 Å². The zero-order chi connectivity index (χ0) is 44.8. The first-order valence-electron chi connectivity index (χ1n) is 23.6. The summed E-state index contributed by atoms with van der Waals surface area (Å²) in [5, 5.41) is 8.86. The molecule has 3 aliphatic rings. The van der Waals surface area contributed by atoms with E-state index >= 15 is 0 Å². The molecule has 3 aliphatic carbocycles. The SMILES string of the molecule is C=N/C(=N\C(=N/Cc1ccc(-c2cccc(-c3cc4c5c(oc4c4ccccc34)CCC=C5c3ccc4c(c3)c3c(c5ccccc54)C=CCC3)c2)cc1)C1=CC=CCC1C)c1ccccc1. The summed E-state index contributed by atoms with van der Waals surface area (Å²) < 4.78 is 6.93. The van der Waals surface area contributed by atoms with Gasteiger partial charge in [-0.1, -0.05) is 177 Å². The van der Waals surface area contributed by atoms with Crippen molar-refractivity contribution in [3.05, 3.63) is 227 Å². The highest BCUT2D eigenvalue weighted by Crippen LogP contribution is 2.46. The summed E-state index contributed by atoms with van der Waals surface area (Å²) in [6, 6.07) is 54.9. The van der Waals surface area contributed by atoms with Gasteiger partial charge >= 0.3 is 0 Å². The molecule has 0 fully saturated rings. The molecule has 0 aliphatic heterocycles. The van der Waals surface area contributed by atoms with Gasteiger partial charge in [0.05, 0.1) is 6.54 Å². The van der Waals surface area contributed by atoms with Crippen molar-refractivity contribution in [1.82, 2.24) is 0 Å². The van der Waals surface area contributed by atoms with Gasteiger partial charge < -0.3 is 4.42 Å². The van der Waals surface area contributed by atoms with Crippen molar-refractivity contribution >= 4 is 73.3 Å². The van der Waals surface area contributed by atoms with E-state index in [1.54, 1.807) is 0 Å². The van der Waals surface area contributed by atoms with Crippen LogP contribution < -0.4 is 0 Å². The Morgan fingerprint density at radius 2 is 1.39 bits per heavy atom. The summed E-state index contributed by atoms with van der Waals surface area (Å²) in [7, 11) is 0. The third-order valence-electron chi connectivity index (χ3n) is 14.0. The molecule has 1 unspecified atom stereocenters. The maximum Gasteiger partial charge on any atom is 0.160 e. The second kappa shape index (κ2) is 17.1. The Kier molecular flexibility index (Phi) is 10.4. The highest BCUT2D eigenvalue weighted by atomic mass is 16.3. The molecule has 1 aromatic heterocycles. The van der Waals surface area contributed by atoms with Crippen LogP contribution in [0.15, 0.2) is 207 Å². The van der Waals surface area contributed by atoms with E-state index < -0.39 is 0 Å². The fourth-order valence-corrected chi connectivity index (χ4v) is 10.7. The van der Waals surface area contributed by atoms with E-state index in [0.717, 1.165) is 76.7 Å². The fraction of sp³-hybridized carbons (Fsp3) is 0.127. The van der Waals surface area contributed by atoms with E-state index in [1.165, 1.54) is 71.3 Å². The molecular formula is C63H49N3O. The van der Waals surface area contributed by atoms with Crippen LogP contribution in [0.4, 0.5) is 0 Å². The number of amidine groups is 2. The van der Waals surface area contributed by atoms with E-state index in [4.69, 9.17) is 14.4 Å². The zero-order valence-corrected chi connectivity index (χ0v) is 37.7. The number of furan rings is 1. The molecule has 67 heavy (non-hydrogen) atoms. The Bertz CT molecular complexity index is 3650. The average molecular weight is 864 g/mol. The predicted octanol–water partition coefficient (Wildman–Crippen LogP) is 16.1. The van der Waals surface area contributed by atoms with Crippen molar-refractivity contribution in [2.75, 3.05) is 0 Å². The Morgan fingerprint density at radius 1 is 0.627 bits per heavy atom. The van der Waals surface area contributed by atoms with E-state index in [2.05, 4.69) is 176 Å². The molecule has 322 valence electrons. The summed E-state index contributed by atoms with van der Waals surface area (Å²) in [5.41, 5.74) is 15.4. The largest absolute Gasteiger partial charge is 0.460 e. The number of hydrogen-bond donors (Lipinski definition) is 0. The number of aryl methyl sites for hydroxylation is 2. The summed E-state index contributed by atoms with van der Waals surface area (Å²) in [6.45, 7) is 6.57. The van der Waals surface area contributed by atoms with Crippen LogP contribution in [0, 0.1) is 5.92 Å². The first-order valence-corrected chi connectivity index (χ1v) is 23.6. The quantitative estimate of drug-likeness (QED) is 0.0894. The van der Waals surface area contributed by atoms with Crippen LogP contribution in [0.1, 0.15) is 65.3 Å². The van der Waals surface area contributed by atoms with Crippen molar-refractivity contribution < 1.29 is 4.42 Å². The lowest BCUT2D eigenvalue weighted by molar-refractivity contribution is 0.548. The lowest BCUT2D eigenvalue weighted by Crippen LogP contribution is -2.13. The lowest BCUT2D eigenvalue weighted by atomic mass is 9.83. The molecule has 0 spiro atoms. The molecule has 0 saturated heterocycles. The molecule has 4 heteroatoms. The van der Waals surface area contributed by atoms with Gasteiger partial charge in [-0.05, 0) is 139 Å². The van der Waals surface area contributed by atoms with Crippen molar-refractivity contribution in [1.29, 1.82) is 0 Å². The Morgan fingerprint density at radius 3 is 2.22 bits per heavy atom. The first-order chi connectivity index (χ1) is 33.1. The van der Waals surface area contributed by atoms with Crippen LogP contribution in [0.3, 0.4) is 0 Å². The zero-order valence-electron chi connectivity index (χ0n) is 37.7. The number of aliphatic imine (C=N–C) groups is 3. The third-order valence-corrected chi connectivity index (χ3v) is 14.0. The maximum absolute atomic E-state index is 6.93. The van der Waals surface area contributed by atoms with Gasteiger partial charge in [0.15, 0.2) is 11.7 Å². The molecule has 1 atom stereocenters. The normalized spacial score (nSPS) is 16.0.